The number of hydrogen-bond donors (Lipinski definition) is 1. The van der Waals surface area contributed by atoms with Crippen molar-refractivity contribution in [3.05, 3.63) is 29.8 Å². The molecule has 1 fully saturated rings. The largest absolute Gasteiger partial charge is 0.353 e. The fourth-order valence-corrected chi connectivity index (χ4v) is 5.07. The fourth-order valence-electron chi connectivity index (χ4n) is 4.25. The Bertz CT molecular complexity index is 843. The molecular formula is C25H38N4OS. The number of aromatic nitrogens is 3. The van der Waals surface area contributed by atoms with Crippen molar-refractivity contribution in [2.45, 2.75) is 102 Å². The van der Waals surface area contributed by atoms with Gasteiger partial charge >= 0.3 is 0 Å². The number of nitrogens with one attached hydrogen (secondary N) is 1. The molecule has 1 heterocycles. The average Bonchev–Trinajstić information content (AvgIpc) is 3.20. The minimum absolute atomic E-state index is 0.0768. The molecule has 3 rings (SSSR count). The summed E-state index contributed by atoms with van der Waals surface area (Å²) in [6, 6.07) is 9.39. The summed E-state index contributed by atoms with van der Waals surface area (Å²) in [5.41, 5.74) is 2.53. The lowest BCUT2D eigenvalue weighted by Gasteiger charge is -2.26. The maximum Gasteiger partial charge on any atom is 0.230 e. The molecule has 0 radical (unpaired) electrons. The maximum atomic E-state index is 12.5. The van der Waals surface area contributed by atoms with Crippen molar-refractivity contribution >= 4 is 17.7 Å². The molecule has 1 aliphatic rings. The van der Waals surface area contributed by atoms with Crippen LogP contribution in [0.15, 0.2) is 29.4 Å². The van der Waals surface area contributed by atoms with Crippen molar-refractivity contribution in [1.29, 1.82) is 0 Å². The molecule has 1 amide bonds. The van der Waals surface area contributed by atoms with Crippen LogP contribution in [0.1, 0.15) is 91.2 Å². The van der Waals surface area contributed by atoms with Gasteiger partial charge in [0, 0.05) is 17.6 Å². The molecule has 2 aromatic rings. The predicted octanol–water partition coefficient (Wildman–Crippen LogP) is 6.14. The van der Waals surface area contributed by atoms with Crippen LogP contribution in [0.3, 0.4) is 0 Å². The third-order valence-corrected chi connectivity index (χ3v) is 7.24. The van der Waals surface area contributed by atoms with Gasteiger partial charge in [0.15, 0.2) is 11.0 Å². The molecule has 6 heteroatoms. The van der Waals surface area contributed by atoms with Gasteiger partial charge in [-0.3, -0.25) is 9.36 Å². The zero-order valence-corrected chi connectivity index (χ0v) is 20.6. The molecular weight excluding hydrogens is 404 g/mol. The second-order valence-corrected chi connectivity index (χ2v) is 10.6. The SMILES string of the molecule is CCC(CC)NC(=O)CSc1nnc(-c2ccc(C(C)(C)C)cc2)n1C1CCCCC1. The first-order valence-corrected chi connectivity index (χ1v) is 12.8. The highest BCUT2D eigenvalue weighted by molar-refractivity contribution is 7.99. The van der Waals surface area contributed by atoms with Crippen LogP contribution in [0.4, 0.5) is 0 Å². The van der Waals surface area contributed by atoms with E-state index in [0.717, 1.165) is 42.2 Å². The van der Waals surface area contributed by atoms with Gasteiger partial charge in [-0.2, -0.15) is 0 Å². The molecule has 170 valence electrons. The molecule has 1 aromatic carbocycles. The van der Waals surface area contributed by atoms with E-state index in [9.17, 15) is 4.79 Å². The number of benzene rings is 1. The number of carbonyl (C=O) groups excluding carboxylic acids is 1. The van der Waals surface area contributed by atoms with E-state index in [4.69, 9.17) is 0 Å². The monoisotopic (exact) mass is 442 g/mol. The molecule has 0 bridgehead atoms. The molecule has 0 saturated heterocycles. The number of hydrogen-bond acceptors (Lipinski definition) is 4. The third kappa shape index (κ3) is 6.12. The van der Waals surface area contributed by atoms with Crippen LogP contribution >= 0.6 is 11.8 Å². The summed E-state index contributed by atoms with van der Waals surface area (Å²) in [6.45, 7) is 10.9. The Kier molecular flexibility index (Phi) is 8.20. The van der Waals surface area contributed by atoms with Crippen LogP contribution in [0.5, 0.6) is 0 Å². The second kappa shape index (κ2) is 10.7. The van der Waals surface area contributed by atoms with Crippen LogP contribution in [0.25, 0.3) is 11.4 Å². The maximum absolute atomic E-state index is 12.5. The summed E-state index contributed by atoms with van der Waals surface area (Å²) in [5.74, 6) is 1.38. The van der Waals surface area contributed by atoms with Crippen molar-refractivity contribution in [1.82, 2.24) is 20.1 Å². The van der Waals surface area contributed by atoms with Gasteiger partial charge in [0.1, 0.15) is 0 Å². The first kappa shape index (κ1) is 23.8. The third-order valence-electron chi connectivity index (χ3n) is 6.30. The Labute approximate surface area is 191 Å². The van der Waals surface area contributed by atoms with Crippen LogP contribution in [0, 0.1) is 0 Å². The van der Waals surface area contributed by atoms with E-state index in [1.165, 1.54) is 36.6 Å². The lowest BCUT2D eigenvalue weighted by molar-refractivity contribution is -0.119. The van der Waals surface area contributed by atoms with Crippen molar-refractivity contribution in [3.8, 4) is 11.4 Å². The lowest BCUT2D eigenvalue weighted by atomic mass is 9.86. The van der Waals surface area contributed by atoms with Gasteiger partial charge in [-0.1, -0.05) is 89.9 Å². The predicted molar refractivity (Wildman–Crippen MR) is 130 cm³/mol. The molecule has 1 saturated carbocycles. The Morgan fingerprint density at radius 2 is 1.74 bits per heavy atom. The van der Waals surface area contributed by atoms with Gasteiger partial charge < -0.3 is 5.32 Å². The standard InChI is InChI=1S/C25H38N4OS/c1-6-20(7-2)26-22(30)17-31-24-28-27-23(29(24)21-11-9-8-10-12-21)18-13-15-19(16-14-18)25(3,4)5/h13-16,20-21H,6-12,17H2,1-5H3,(H,26,30). The van der Waals surface area contributed by atoms with E-state index in [-0.39, 0.29) is 17.4 Å². The van der Waals surface area contributed by atoms with Crippen molar-refractivity contribution in [3.63, 3.8) is 0 Å². The van der Waals surface area contributed by atoms with Gasteiger partial charge in [0.25, 0.3) is 0 Å². The molecule has 0 spiro atoms. The molecule has 1 N–H and O–H groups in total. The van der Waals surface area contributed by atoms with E-state index in [2.05, 4.69) is 79.0 Å². The summed E-state index contributed by atoms with van der Waals surface area (Å²) in [6.07, 6.45) is 8.00. The zero-order valence-electron chi connectivity index (χ0n) is 19.8. The van der Waals surface area contributed by atoms with Gasteiger partial charge in [-0.15, -0.1) is 10.2 Å². The number of rotatable bonds is 8. The van der Waals surface area contributed by atoms with Gasteiger partial charge in [0.05, 0.1) is 5.75 Å². The summed E-state index contributed by atoms with van der Waals surface area (Å²) in [7, 11) is 0. The van der Waals surface area contributed by atoms with Gasteiger partial charge in [-0.05, 0) is 36.7 Å². The average molecular weight is 443 g/mol. The highest BCUT2D eigenvalue weighted by Gasteiger charge is 2.25. The first-order valence-electron chi connectivity index (χ1n) is 11.8. The van der Waals surface area contributed by atoms with Crippen molar-refractivity contribution in [2.24, 2.45) is 0 Å². The first-order chi connectivity index (χ1) is 14.8. The van der Waals surface area contributed by atoms with Crippen LogP contribution in [0.2, 0.25) is 0 Å². The summed E-state index contributed by atoms with van der Waals surface area (Å²) < 4.78 is 2.31. The summed E-state index contributed by atoms with van der Waals surface area (Å²) >= 11 is 1.51. The Morgan fingerprint density at radius 1 is 1.10 bits per heavy atom. The molecule has 0 unspecified atom stereocenters. The van der Waals surface area contributed by atoms with E-state index < -0.39 is 0 Å². The van der Waals surface area contributed by atoms with E-state index in [1.807, 2.05) is 0 Å². The number of amides is 1. The normalized spacial score (nSPS) is 15.4. The topological polar surface area (TPSA) is 59.8 Å². The van der Waals surface area contributed by atoms with Crippen LogP contribution < -0.4 is 5.32 Å². The molecule has 0 aliphatic heterocycles. The summed E-state index contributed by atoms with van der Waals surface area (Å²) in [5, 5.41) is 13.1. The highest BCUT2D eigenvalue weighted by atomic mass is 32.2. The molecule has 1 aromatic heterocycles. The highest BCUT2D eigenvalue weighted by Crippen LogP contribution is 2.36. The number of carbonyl (C=O) groups is 1. The number of thioether (sulfide) groups is 1. The smallest absolute Gasteiger partial charge is 0.230 e. The van der Waals surface area contributed by atoms with E-state index in [0.29, 0.717) is 11.8 Å². The molecule has 5 nitrogen and oxygen atoms in total. The Hall–Kier alpha value is -1.82. The minimum Gasteiger partial charge on any atom is -0.353 e. The Balaban J connectivity index is 1.83. The lowest BCUT2D eigenvalue weighted by Crippen LogP contribution is -2.35. The van der Waals surface area contributed by atoms with E-state index >= 15 is 0 Å². The minimum atomic E-state index is 0.0768. The Morgan fingerprint density at radius 3 is 2.32 bits per heavy atom. The summed E-state index contributed by atoms with van der Waals surface area (Å²) in [4.78, 5) is 12.5. The van der Waals surface area contributed by atoms with Crippen LogP contribution in [-0.2, 0) is 10.2 Å². The molecule has 1 aliphatic carbocycles. The van der Waals surface area contributed by atoms with E-state index in [1.54, 1.807) is 0 Å². The van der Waals surface area contributed by atoms with Gasteiger partial charge in [-0.25, -0.2) is 0 Å². The molecule has 31 heavy (non-hydrogen) atoms. The van der Waals surface area contributed by atoms with Crippen molar-refractivity contribution < 1.29 is 4.79 Å². The second-order valence-electron chi connectivity index (χ2n) is 9.66. The number of nitrogens with zero attached hydrogens (tertiary/aromatic N) is 3. The molecule has 0 atom stereocenters. The zero-order chi connectivity index (χ0) is 22.4. The van der Waals surface area contributed by atoms with Crippen LogP contribution in [-0.4, -0.2) is 32.5 Å². The van der Waals surface area contributed by atoms with Gasteiger partial charge in [0.2, 0.25) is 5.91 Å². The van der Waals surface area contributed by atoms with Crippen molar-refractivity contribution in [2.75, 3.05) is 5.75 Å². The quantitative estimate of drug-likeness (QED) is 0.499. The fraction of sp³-hybridized carbons (Fsp3) is 0.640.